The molecule has 3 aliphatic heterocycles. The molecular formula is C23H24N4O5S. The van der Waals surface area contributed by atoms with Crippen LogP contribution in [0.25, 0.3) is 0 Å². The van der Waals surface area contributed by atoms with Crippen molar-refractivity contribution in [1.82, 2.24) is 5.32 Å². The predicted molar refractivity (Wildman–Crippen MR) is 123 cm³/mol. The number of rotatable bonds is 2. The summed E-state index contributed by atoms with van der Waals surface area (Å²) in [5.41, 5.74) is 1.29. The summed E-state index contributed by atoms with van der Waals surface area (Å²) in [6.07, 6.45) is 2.61. The summed E-state index contributed by atoms with van der Waals surface area (Å²) >= 11 is 0. The average molecular weight is 469 g/mol. The molecule has 0 spiro atoms. The molecule has 1 fully saturated rings. The first-order valence-corrected chi connectivity index (χ1v) is 12.4. The lowest BCUT2D eigenvalue weighted by Gasteiger charge is -2.34. The quantitative estimate of drug-likeness (QED) is 0.725. The third kappa shape index (κ3) is 3.74. The highest BCUT2D eigenvalue weighted by Crippen LogP contribution is 2.37. The van der Waals surface area contributed by atoms with Gasteiger partial charge >= 0.3 is 0 Å². The number of para-hydroxylation sites is 2. The number of fused-ring (bicyclic) bond motifs is 4. The van der Waals surface area contributed by atoms with Crippen LogP contribution in [0.1, 0.15) is 36.0 Å². The lowest BCUT2D eigenvalue weighted by molar-refractivity contribution is -0.127. The normalized spacial score (nSPS) is 20.9. The second-order valence-corrected chi connectivity index (χ2v) is 9.80. The van der Waals surface area contributed by atoms with Crippen molar-refractivity contribution in [3.8, 4) is 5.75 Å². The third-order valence-corrected chi connectivity index (χ3v) is 7.49. The van der Waals surface area contributed by atoms with Crippen molar-refractivity contribution < 1.29 is 22.7 Å². The van der Waals surface area contributed by atoms with Gasteiger partial charge in [0.2, 0.25) is 0 Å². The van der Waals surface area contributed by atoms with E-state index >= 15 is 0 Å². The molecule has 9 nitrogen and oxygen atoms in total. The Bertz CT molecular complexity index is 1270. The Morgan fingerprint density at radius 2 is 1.91 bits per heavy atom. The van der Waals surface area contributed by atoms with Crippen molar-refractivity contribution >= 4 is 39.0 Å². The number of amides is 2. The fourth-order valence-electron chi connectivity index (χ4n) is 4.49. The molecule has 0 aromatic heterocycles. The van der Waals surface area contributed by atoms with E-state index in [1.54, 1.807) is 36.4 Å². The molecule has 1 atom stereocenters. The largest absolute Gasteiger partial charge is 0.477 e. The molecule has 0 unspecified atom stereocenters. The van der Waals surface area contributed by atoms with Crippen LogP contribution in [0.2, 0.25) is 0 Å². The van der Waals surface area contributed by atoms with Gasteiger partial charge in [0.1, 0.15) is 16.5 Å². The van der Waals surface area contributed by atoms with E-state index in [0.717, 1.165) is 19.3 Å². The van der Waals surface area contributed by atoms with Crippen LogP contribution < -0.4 is 19.9 Å². The Hall–Kier alpha value is -3.40. The van der Waals surface area contributed by atoms with Gasteiger partial charge in [-0.05, 0) is 43.2 Å². The highest BCUT2D eigenvalue weighted by atomic mass is 32.2. The first-order valence-electron chi connectivity index (χ1n) is 10.9. The van der Waals surface area contributed by atoms with Gasteiger partial charge in [-0.1, -0.05) is 18.6 Å². The van der Waals surface area contributed by atoms with Gasteiger partial charge in [-0.2, -0.15) is 8.42 Å². The number of nitrogens with zero attached hydrogens (tertiary/aromatic N) is 3. The average Bonchev–Trinajstić information content (AvgIpc) is 3.07. The van der Waals surface area contributed by atoms with Crippen molar-refractivity contribution in [3.63, 3.8) is 0 Å². The second kappa shape index (κ2) is 8.18. The van der Waals surface area contributed by atoms with Crippen LogP contribution in [0.3, 0.4) is 0 Å². The standard InChI is InChI=1S/C23H24N4O5S/c1-24-22(28)19-14-27(16-7-4-5-8-18(16)32-19)23(29)15-10-11-17-20(13-15)33(30,31)25-21-9-3-2-6-12-26(17)21/h4-5,7-8,10-11,13,19H,2-3,6,9,12,14H2,1H3,(H,24,28)/t19-/m1/s1. The Morgan fingerprint density at radius 1 is 1.09 bits per heavy atom. The molecule has 0 radical (unpaired) electrons. The highest BCUT2D eigenvalue weighted by molar-refractivity contribution is 7.90. The Kier molecular flexibility index (Phi) is 5.32. The molecule has 0 aliphatic carbocycles. The van der Waals surface area contributed by atoms with Crippen molar-refractivity contribution in [2.45, 2.75) is 36.7 Å². The first-order chi connectivity index (χ1) is 15.9. The summed E-state index contributed by atoms with van der Waals surface area (Å²) in [6, 6.07) is 11.7. The van der Waals surface area contributed by atoms with Gasteiger partial charge in [0.05, 0.1) is 17.9 Å². The third-order valence-electron chi connectivity index (χ3n) is 6.15. The van der Waals surface area contributed by atoms with Gasteiger partial charge in [-0.3, -0.25) is 9.59 Å². The number of carbonyl (C=O) groups is 2. The van der Waals surface area contributed by atoms with Crippen LogP contribution in [0.5, 0.6) is 5.75 Å². The van der Waals surface area contributed by atoms with Gasteiger partial charge in [-0.25, -0.2) is 0 Å². The number of anilines is 2. The van der Waals surface area contributed by atoms with E-state index in [9.17, 15) is 18.0 Å². The van der Waals surface area contributed by atoms with Gasteiger partial charge < -0.3 is 19.9 Å². The monoisotopic (exact) mass is 468 g/mol. The number of carbonyl (C=O) groups excluding carboxylic acids is 2. The zero-order valence-electron chi connectivity index (χ0n) is 18.2. The molecule has 3 heterocycles. The number of ether oxygens (including phenoxy) is 1. The van der Waals surface area contributed by atoms with E-state index in [2.05, 4.69) is 9.71 Å². The minimum absolute atomic E-state index is 0.00772. The molecule has 10 heteroatoms. The lowest BCUT2D eigenvalue weighted by atomic mass is 10.1. The Labute approximate surface area is 192 Å². The first kappa shape index (κ1) is 21.4. The van der Waals surface area contributed by atoms with Crippen LogP contribution >= 0.6 is 0 Å². The minimum Gasteiger partial charge on any atom is -0.477 e. The van der Waals surface area contributed by atoms with E-state index in [-0.39, 0.29) is 22.9 Å². The number of amidine groups is 1. The number of hydrogen-bond donors (Lipinski definition) is 1. The van der Waals surface area contributed by atoms with Gasteiger partial charge in [-0.15, -0.1) is 4.40 Å². The number of likely N-dealkylation sites (N-methyl/N-ethyl adjacent to an activating group) is 1. The van der Waals surface area contributed by atoms with E-state index in [1.165, 1.54) is 18.0 Å². The van der Waals surface area contributed by atoms with Crippen LogP contribution in [-0.4, -0.2) is 52.3 Å². The Balaban J connectivity index is 1.54. The van der Waals surface area contributed by atoms with Gasteiger partial charge in [0.25, 0.3) is 21.8 Å². The molecule has 5 rings (SSSR count). The van der Waals surface area contributed by atoms with Gasteiger partial charge in [0, 0.05) is 25.6 Å². The highest BCUT2D eigenvalue weighted by Gasteiger charge is 2.36. The van der Waals surface area contributed by atoms with Crippen molar-refractivity contribution in [2.24, 2.45) is 4.40 Å². The molecule has 172 valence electrons. The summed E-state index contributed by atoms with van der Waals surface area (Å²) in [5, 5.41) is 2.55. The Morgan fingerprint density at radius 3 is 2.73 bits per heavy atom. The number of hydrogen-bond acceptors (Lipinski definition) is 6. The molecule has 2 aromatic rings. The lowest BCUT2D eigenvalue weighted by Crippen LogP contribution is -2.50. The smallest absolute Gasteiger partial charge is 0.286 e. The summed E-state index contributed by atoms with van der Waals surface area (Å²) in [6.45, 7) is 0.701. The molecule has 1 saturated heterocycles. The maximum absolute atomic E-state index is 13.5. The second-order valence-electron chi connectivity index (χ2n) is 8.23. The van der Waals surface area contributed by atoms with Crippen LogP contribution in [-0.2, 0) is 14.8 Å². The molecule has 2 amide bonds. The molecule has 3 aliphatic rings. The molecule has 2 aromatic carbocycles. The predicted octanol–water partition coefficient (Wildman–Crippen LogP) is 2.32. The molecule has 0 saturated carbocycles. The van der Waals surface area contributed by atoms with Crippen LogP contribution in [0.4, 0.5) is 11.4 Å². The number of nitrogens with one attached hydrogen (secondary N) is 1. The zero-order chi connectivity index (χ0) is 23.2. The zero-order valence-corrected chi connectivity index (χ0v) is 19.0. The van der Waals surface area contributed by atoms with Crippen LogP contribution in [0, 0.1) is 0 Å². The summed E-state index contributed by atoms with van der Waals surface area (Å²) in [5.74, 6) is 0.214. The van der Waals surface area contributed by atoms with E-state index in [4.69, 9.17) is 4.74 Å². The summed E-state index contributed by atoms with van der Waals surface area (Å²) in [7, 11) is -2.41. The SMILES string of the molecule is CNC(=O)[C@H]1CN(C(=O)c2ccc3c(c2)S(=O)(=O)N=C2CCCCCN23)c2ccccc2O1. The molecule has 33 heavy (non-hydrogen) atoms. The topological polar surface area (TPSA) is 108 Å². The van der Waals surface area contributed by atoms with E-state index in [1.807, 2.05) is 4.90 Å². The van der Waals surface area contributed by atoms with E-state index in [0.29, 0.717) is 35.9 Å². The van der Waals surface area contributed by atoms with Crippen molar-refractivity contribution in [1.29, 1.82) is 0 Å². The number of sulfonamides is 1. The van der Waals surface area contributed by atoms with Crippen molar-refractivity contribution in [3.05, 3.63) is 48.0 Å². The fourth-order valence-corrected chi connectivity index (χ4v) is 5.78. The summed E-state index contributed by atoms with van der Waals surface area (Å²) < 4.78 is 35.7. The number of benzene rings is 2. The van der Waals surface area contributed by atoms with Gasteiger partial charge in [0.15, 0.2) is 6.10 Å². The minimum atomic E-state index is -3.92. The maximum atomic E-state index is 13.5. The van der Waals surface area contributed by atoms with E-state index < -0.39 is 22.0 Å². The molecule has 1 N–H and O–H groups in total. The molecular weight excluding hydrogens is 444 g/mol. The van der Waals surface area contributed by atoms with Crippen molar-refractivity contribution in [2.75, 3.05) is 29.9 Å². The van der Waals surface area contributed by atoms with Crippen LogP contribution in [0.15, 0.2) is 51.8 Å². The fraction of sp³-hybridized carbons (Fsp3) is 0.348. The molecule has 0 bridgehead atoms. The summed E-state index contributed by atoms with van der Waals surface area (Å²) in [4.78, 5) is 29.2. The maximum Gasteiger partial charge on any atom is 0.286 e.